The summed E-state index contributed by atoms with van der Waals surface area (Å²) in [6, 6.07) is 15.6. The first kappa shape index (κ1) is 13.3. The molecule has 6 heteroatoms. The Morgan fingerprint density at radius 3 is 2.90 bits per heavy atom. The maximum Gasteiger partial charge on any atom is 0.232 e. The van der Waals surface area contributed by atoms with Gasteiger partial charge in [0, 0.05) is 17.0 Å². The van der Waals surface area contributed by atoms with Crippen molar-refractivity contribution in [3.63, 3.8) is 0 Å². The SMILES string of the molecule is Clc1ccc2c(c1)SN=C(NOCc1ccccc1)N2. The number of halogens is 1. The number of benzene rings is 2. The van der Waals surface area contributed by atoms with E-state index < -0.39 is 0 Å². The van der Waals surface area contributed by atoms with Crippen LogP contribution in [0.25, 0.3) is 0 Å². The molecule has 2 N–H and O–H groups in total. The summed E-state index contributed by atoms with van der Waals surface area (Å²) in [6.45, 7) is 0.472. The van der Waals surface area contributed by atoms with E-state index in [1.807, 2.05) is 48.5 Å². The van der Waals surface area contributed by atoms with Crippen molar-refractivity contribution in [1.82, 2.24) is 5.48 Å². The summed E-state index contributed by atoms with van der Waals surface area (Å²) in [7, 11) is 0. The van der Waals surface area contributed by atoms with Crippen LogP contribution in [-0.4, -0.2) is 5.96 Å². The van der Waals surface area contributed by atoms with Crippen LogP contribution in [0.5, 0.6) is 0 Å². The first-order valence-corrected chi connectivity index (χ1v) is 7.20. The molecular weight excluding hydrogens is 294 g/mol. The highest BCUT2D eigenvalue weighted by atomic mass is 35.5. The van der Waals surface area contributed by atoms with Crippen LogP contribution in [0.15, 0.2) is 57.8 Å². The van der Waals surface area contributed by atoms with E-state index >= 15 is 0 Å². The van der Waals surface area contributed by atoms with E-state index in [-0.39, 0.29) is 0 Å². The van der Waals surface area contributed by atoms with Crippen molar-refractivity contribution in [1.29, 1.82) is 0 Å². The van der Waals surface area contributed by atoms with Crippen LogP contribution >= 0.6 is 23.5 Å². The van der Waals surface area contributed by atoms with Crippen molar-refractivity contribution in [2.45, 2.75) is 11.5 Å². The maximum absolute atomic E-state index is 5.93. The smallest absolute Gasteiger partial charge is 0.232 e. The van der Waals surface area contributed by atoms with Crippen molar-refractivity contribution < 1.29 is 4.84 Å². The molecule has 0 aromatic heterocycles. The normalized spacial score (nSPS) is 13.2. The predicted octanol–water partition coefficient (Wildman–Crippen LogP) is 3.85. The summed E-state index contributed by atoms with van der Waals surface area (Å²) >= 11 is 7.29. The number of nitrogens with one attached hydrogen (secondary N) is 2. The first-order chi connectivity index (χ1) is 9.81. The molecular formula is C14H12ClN3OS. The van der Waals surface area contributed by atoms with E-state index in [4.69, 9.17) is 16.4 Å². The molecule has 0 fully saturated rings. The lowest BCUT2D eigenvalue weighted by Crippen LogP contribution is -2.31. The van der Waals surface area contributed by atoms with Crippen molar-refractivity contribution in [2.24, 2.45) is 4.40 Å². The Labute approximate surface area is 126 Å². The lowest BCUT2D eigenvalue weighted by atomic mass is 10.2. The van der Waals surface area contributed by atoms with E-state index in [1.54, 1.807) is 0 Å². The molecule has 0 bridgehead atoms. The fraction of sp³-hybridized carbons (Fsp3) is 0.0714. The Bertz CT molecular complexity index is 634. The number of hydroxylamine groups is 1. The summed E-state index contributed by atoms with van der Waals surface area (Å²) in [6.07, 6.45) is 0. The number of nitrogens with zero attached hydrogens (tertiary/aromatic N) is 1. The molecule has 1 aliphatic heterocycles. The highest BCUT2D eigenvalue weighted by Crippen LogP contribution is 2.33. The third-order valence-corrected chi connectivity index (χ3v) is 3.73. The molecule has 0 saturated heterocycles. The molecule has 2 aromatic carbocycles. The summed E-state index contributed by atoms with van der Waals surface area (Å²) < 4.78 is 4.27. The fourth-order valence-corrected chi connectivity index (χ4v) is 2.63. The average molecular weight is 306 g/mol. The largest absolute Gasteiger partial charge is 0.323 e. The molecule has 0 spiro atoms. The standard InChI is InChI=1S/C14H12ClN3OS/c15-11-6-7-12-13(8-11)20-18-14(16-12)17-19-9-10-4-2-1-3-5-10/h1-8H,9H2,(H2,16,17,18). The van der Waals surface area contributed by atoms with Gasteiger partial charge in [0.2, 0.25) is 5.96 Å². The molecule has 20 heavy (non-hydrogen) atoms. The number of anilines is 1. The highest BCUT2D eigenvalue weighted by Gasteiger charge is 2.12. The van der Waals surface area contributed by atoms with E-state index in [9.17, 15) is 0 Å². The average Bonchev–Trinajstić information content (AvgIpc) is 2.48. The Morgan fingerprint density at radius 1 is 1.20 bits per heavy atom. The van der Waals surface area contributed by atoms with Gasteiger partial charge in [-0.3, -0.25) is 4.84 Å². The van der Waals surface area contributed by atoms with Gasteiger partial charge in [0.25, 0.3) is 0 Å². The second-order valence-corrected chi connectivity index (χ2v) is 5.41. The first-order valence-electron chi connectivity index (χ1n) is 6.04. The summed E-state index contributed by atoms with van der Waals surface area (Å²) in [5, 5.41) is 3.84. The second kappa shape index (κ2) is 6.17. The van der Waals surface area contributed by atoms with Gasteiger partial charge in [-0.1, -0.05) is 41.9 Å². The summed E-state index contributed by atoms with van der Waals surface area (Å²) in [4.78, 5) is 6.41. The van der Waals surface area contributed by atoms with Gasteiger partial charge >= 0.3 is 0 Å². The number of fused-ring (bicyclic) bond motifs is 1. The van der Waals surface area contributed by atoms with Gasteiger partial charge in [0.05, 0.1) is 17.2 Å². The minimum atomic E-state index is 0.472. The highest BCUT2D eigenvalue weighted by molar-refractivity contribution is 7.98. The number of hydrogen-bond acceptors (Lipinski definition) is 5. The van der Waals surface area contributed by atoms with Gasteiger partial charge in [-0.25, -0.2) is 5.48 Å². The van der Waals surface area contributed by atoms with Gasteiger partial charge in [-0.15, -0.1) is 0 Å². The molecule has 0 amide bonds. The predicted molar refractivity (Wildman–Crippen MR) is 82.7 cm³/mol. The van der Waals surface area contributed by atoms with Gasteiger partial charge in [-0.05, 0) is 23.8 Å². The fourth-order valence-electron chi connectivity index (χ4n) is 1.73. The van der Waals surface area contributed by atoms with Crippen LogP contribution in [0.1, 0.15) is 5.56 Å². The van der Waals surface area contributed by atoms with Crippen molar-refractivity contribution >= 4 is 35.2 Å². The molecule has 0 radical (unpaired) electrons. The summed E-state index contributed by atoms with van der Waals surface area (Å²) in [5.41, 5.74) is 4.86. The summed E-state index contributed by atoms with van der Waals surface area (Å²) in [5.74, 6) is 0.570. The molecule has 0 saturated carbocycles. The molecule has 2 aromatic rings. The molecule has 4 nitrogen and oxygen atoms in total. The third-order valence-electron chi connectivity index (χ3n) is 2.68. The zero-order valence-electron chi connectivity index (χ0n) is 10.5. The lowest BCUT2D eigenvalue weighted by Gasteiger charge is -2.18. The maximum atomic E-state index is 5.93. The molecule has 0 atom stereocenters. The van der Waals surface area contributed by atoms with Crippen LogP contribution < -0.4 is 10.8 Å². The molecule has 3 rings (SSSR count). The quantitative estimate of drug-likeness (QED) is 0.668. The van der Waals surface area contributed by atoms with E-state index in [2.05, 4.69) is 15.2 Å². The Balaban J connectivity index is 1.55. The number of rotatable bonds is 3. The number of hydrogen-bond donors (Lipinski definition) is 2. The van der Waals surface area contributed by atoms with Gasteiger partial charge < -0.3 is 5.32 Å². The zero-order chi connectivity index (χ0) is 13.8. The Kier molecular flexibility index (Phi) is 4.11. The van der Waals surface area contributed by atoms with Crippen LogP contribution in [0, 0.1) is 0 Å². The minimum Gasteiger partial charge on any atom is -0.323 e. The van der Waals surface area contributed by atoms with Crippen molar-refractivity contribution in [3.8, 4) is 0 Å². The van der Waals surface area contributed by atoms with Crippen LogP contribution in [-0.2, 0) is 11.4 Å². The van der Waals surface area contributed by atoms with E-state index in [1.165, 1.54) is 11.9 Å². The molecule has 0 aliphatic carbocycles. The van der Waals surface area contributed by atoms with E-state index in [0.29, 0.717) is 17.6 Å². The molecule has 102 valence electrons. The van der Waals surface area contributed by atoms with E-state index in [0.717, 1.165) is 16.1 Å². The van der Waals surface area contributed by atoms with Crippen LogP contribution in [0.2, 0.25) is 5.02 Å². The third kappa shape index (κ3) is 3.25. The second-order valence-electron chi connectivity index (χ2n) is 4.17. The Morgan fingerprint density at radius 2 is 2.05 bits per heavy atom. The molecule has 1 heterocycles. The van der Waals surface area contributed by atoms with Crippen LogP contribution in [0.4, 0.5) is 5.69 Å². The van der Waals surface area contributed by atoms with Crippen LogP contribution in [0.3, 0.4) is 0 Å². The lowest BCUT2D eigenvalue weighted by molar-refractivity contribution is 0.0713. The topological polar surface area (TPSA) is 45.7 Å². The monoisotopic (exact) mass is 305 g/mol. The van der Waals surface area contributed by atoms with Gasteiger partial charge in [0.1, 0.15) is 0 Å². The van der Waals surface area contributed by atoms with Crippen molar-refractivity contribution in [2.75, 3.05) is 5.32 Å². The minimum absolute atomic E-state index is 0.472. The van der Waals surface area contributed by atoms with Gasteiger partial charge in [0.15, 0.2) is 0 Å². The zero-order valence-corrected chi connectivity index (χ0v) is 12.0. The molecule has 1 aliphatic rings. The van der Waals surface area contributed by atoms with Gasteiger partial charge in [-0.2, -0.15) is 4.40 Å². The number of guanidine groups is 1. The van der Waals surface area contributed by atoms with Crippen molar-refractivity contribution in [3.05, 3.63) is 59.1 Å². The Hall–Kier alpha value is -1.69. The molecule has 0 unspecified atom stereocenters.